The van der Waals surface area contributed by atoms with Crippen LogP contribution in [0.1, 0.15) is 38.5 Å². The number of hydrogen-bond donors (Lipinski definition) is 3. The largest absolute Gasteiger partial charge is 0.409 e. The highest BCUT2D eigenvalue weighted by Gasteiger charge is 2.54. The molecular formula is C13H21N3O2. The zero-order chi connectivity index (χ0) is 12.8. The van der Waals surface area contributed by atoms with Crippen LogP contribution in [0.4, 0.5) is 0 Å². The summed E-state index contributed by atoms with van der Waals surface area (Å²) in [6.07, 6.45) is 7.11. The average molecular weight is 251 g/mol. The Kier molecular flexibility index (Phi) is 2.72. The van der Waals surface area contributed by atoms with Crippen molar-refractivity contribution < 1.29 is 10.0 Å². The molecule has 100 valence electrons. The van der Waals surface area contributed by atoms with Crippen molar-refractivity contribution in [3.63, 3.8) is 0 Å². The molecule has 4 fully saturated rings. The second-order valence-corrected chi connectivity index (χ2v) is 6.47. The van der Waals surface area contributed by atoms with Crippen LogP contribution in [0.25, 0.3) is 0 Å². The van der Waals surface area contributed by atoms with Crippen molar-refractivity contribution in [3.8, 4) is 0 Å². The van der Waals surface area contributed by atoms with Crippen LogP contribution in [-0.2, 0) is 4.79 Å². The molecule has 4 saturated carbocycles. The summed E-state index contributed by atoms with van der Waals surface area (Å²) in [5.74, 6) is 2.45. The Balaban J connectivity index is 1.69. The van der Waals surface area contributed by atoms with Gasteiger partial charge >= 0.3 is 0 Å². The fourth-order valence-electron chi connectivity index (χ4n) is 4.78. The van der Waals surface area contributed by atoms with Gasteiger partial charge in [0.25, 0.3) is 0 Å². The van der Waals surface area contributed by atoms with Crippen LogP contribution >= 0.6 is 0 Å². The summed E-state index contributed by atoms with van der Waals surface area (Å²) in [5.41, 5.74) is 5.25. The molecule has 1 amide bonds. The number of nitrogens with two attached hydrogens (primary N) is 1. The van der Waals surface area contributed by atoms with E-state index in [0.29, 0.717) is 0 Å². The SMILES string of the molecule is N/C(CNC(=O)C12CC3CC(CC(C3)C1)C2)=N\O. The molecule has 4 bridgehead atoms. The summed E-state index contributed by atoms with van der Waals surface area (Å²) in [7, 11) is 0. The third-order valence-corrected chi connectivity index (χ3v) is 5.08. The van der Waals surface area contributed by atoms with Gasteiger partial charge in [0, 0.05) is 5.41 Å². The Morgan fingerprint density at radius 2 is 1.72 bits per heavy atom. The van der Waals surface area contributed by atoms with Gasteiger partial charge in [-0.1, -0.05) is 5.16 Å². The third-order valence-electron chi connectivity index (χ3n) is 5.08. The molecule has 0 aliphatic heterocycles. The molecule has 0 aromatic heterocycles. The molecule has 5 nitrogen and oxygen atoms in total. The Morgan fingerprint density at radius 1 is 1.22 bits per heavy atom. The first kappa shape index (κ1) is 11.8. The minimum Gasteiger partial charge on any atom is -0.409 e. The quantitative estimate of drug-likeness (QED) is 0.303. The van der Waals surface area contributed by atoms with E-state index in [1.54, 1.807) is 0 Å². The number of rotatable bonds is 3. The van der Waals surface area contributed by atoms with Gasteiger partial charge in [-0.25, -0.2) is 0 Å². The Bertz CT molecular complexity index is 356. The number of nitrogens with zero attached hydrogens (tertiary/aromatic N) is 1. The van der Waals surface area contributed by atoms with E-state index in [4.69, 9.17) is 10.9 Å². The number of amidine groups is 1. The van der Waals surface area contributed by atoms with E-state index in [2.05, 4.69) is 10.5 Å². The molecule has 4 aliphatic carbocycles. The summed E-state index contributed by atoms with van der Waals surface area (Å²) in [5, 5.41) is 14.2. The molecule has 0 atom stereocenters. The first-order valence-corrected chi connectivity index (χ1v) is 6.86. The normalized spacial score (nSPS) is 42.0. The lowest BCUT2D eigenvalue weighted by Crippen LogP contribution is -2.54. The van der Waals surface area contributed by atoms with E-state index < -0.39 is 0 Å². The molecule has 0 unspecified atom stereocenters. The Hall–Kier alpha value is -1.26. The highest BCUT2D eigenvalue weighted by molar-refractivity contribution is 5.89. The Labute approximate surface area is 107 Å². The van der Waals surface area contributed by atoms with Crippen LogP contribution in [0.5, 0.6) is 0 Å². The maximum atomic E-state index is 12.4. The molecule has 4 N–H and O–H groups in total. The summed E-state index contributed by atoms with van der Waals surface area (Å²) in [6.45, 7) is 0.150. The molecular weight excluding hydrogens is 230 g/mol. The molecule has 0 spiro atoms. The molecule has 4 aliphatic rings. The highest BCUT2D eigenvalue weighted by Crippen LogP contribution is 2.60. The van der Waals surface area contributed by atoms with E-state index in [1.165, 1.54) is 19.3 Å². The lowest BCUT2D eigenvalue weighted by atomic mass is 9.49. The van der Waals surface area contributed by atoms with Crippen molar-refractivity contribution >= 4 is 11.7 Å². The zero-order valence-electron chi connectivity index (χ0n) is 10.6. The fourth-order valence-corrected chi connectivity index (χ4v) is 4.78. The molecule has 0 aromatic carbocycles. The molecule has 18 heavy (non-hydrogen) atoms. The summed E-state index contributed by atoms with van der Waals surface area (Å²) in [6, 6.07) is 0. The summed E-state index contributed by atoms with van der Waals surface area (Å²) < 4.78 is 0. The van der Waals surface area contributed by atoms with Gasteiger partial charge in [0.15, 0.2) is 5.84 Å². The van der Waals surface area contributed by atoms with E-state index >= 15 is 0 Å². The lowest BCUT2D eigenvalue weighted by Gasteiger charge is -2.55. The molecule has 4 rings (SSSR count). The van der Waals surface area contributed by atoms with Crippen LogP contribution in [0.2, 0.25) is 0 Å². The third kappa shape index (κ3) is 1.85. The van der Waals surface area contributed by atoms with Gasteiger partial charge in [0.1, 0.15) is 0 Å². The van der Waals surface area contributed by atoms with Gasteiger partial charge in [-0.2, -0.15) is 0 Å². The van der Waals surface area contributed by atoms with E-state index in [9.17, 15) is 4.79 Å². The van der Waals surface area contributed by atoms with Crippen molar-refractivity contribution in [1.29, 1.82) is 0 Å². The average Bonchev–Trinajstić information content (AvgIpc) is 2.33. The molecule has 0 heterocycles. The fraction of sp³-hybridized carbons (Fsp3) is 0.846. The second kappa shape index (κ2) is 4.14. The van der Waals surface area contributed by atoms with Gasteiger partial charge in [0.05, 0.1) is 6.54 Å². The molecule has 0 saturated heterocycles. The minimum atomic E-state index is -0.148. The van der Waals surface area contributed by atoms with E-state index in [1.807, 2.05) is 0 Å². The van der Waals surface area contributed by atoms with Crippen molar-refractivity contribution in [2.24, 2.45) is 34.1 Å². The van der Waals surface area contributed by atoms with Gasteiger partial charge < -0.3 is 16.3 Å². The zero-order valence-corrected chi connectivity index (χ0v) is 10.6. The van der Waals surface area contributed by atoms with Crippen LogP contribution in [0.3, 0.4) is 0 Å². The van der Waals surface area contributed by atoms with Crippen LogP contribution in [0, 0.1) is 23.2 Å². The van der Waals surface area contributed by atoms with Gasteiger partial charge in [-0.05, 0) is 56.3 Å². The summed E-state index contributed by atoms with van der Waals surface area (Å²) in [4.78, 5) is 12.4. The van der Waals surface area contributed by atoms with Crippen molar-refractivity contribution in [2.45, 2.75) is 38.5 Å². The first-order chi connectivity index (χ1) is 8.61. The number of nitrogens with one attached hydrogen (secondary N) is 1. The smallest absolute Gasteiger partial charge is 0.226 e. The van der Waals surface area contributed by atoms with Gasteiger partial charge in [-0.3, -0.25) is 4.79 Å². The maximum absolute atomic E-state index is 12.4. The van der Waals surface area contributed by atoms with Crippen LogP contribution in [0.15, 0.2) is 5.16 Å². The standard InChI is InChI=1S/C13H21N3O2/c14-11(16-18)7-15-12(17)13-4-8-1-9(5-13)3-10(2-8)6-13/h8-10,18H,1-7H2,(H2,14,16)(H,15,17). The van der Waals surface area contributed by atoms with Gasteiger partial charge in [0.2, 0.25) is 5.91 Å². The number of oxime groups is 1. The van der Waals surface area contributed by atoms with E-state index in [0.717, 1.165) is 37.0 Å². The number of carbonyl (C=O) groups excluding carboxylic acids is 1. The highest BCUT2D eigenvalue weighted by atomic mass is 16.4. The van der Waals surface area contributed by atoms with Crippen molar-refractivity contribution in [3.05, 3.63) is 0 Å². The predicted molar refractivity (Wildman–Crippen MR) is 67.0 cm³/mol. The maximum Gasteiger partial charge on any atom is 0.226 e. The lowest BCUT2D eigenvalue weighted by molar-refractivity contribution is -0.145. The molecule has 5 heteroatoms. The monoisotopic (exact) mass is 251 g/mol. The van der Waals surface area contributed by atoms with Crippen molar-refractivity contribution in [2.75, 3.05) is 6.54 Å². The topological polar surface area (TPSA) is 87.7 Å². The summed E-state index contributed by atoms with van der Waals surface area (Å²) >= 11 is 0. The van der Waals surface area contributed by atoms with Crippen LogP contribution < -0.4 is 11.1 Å². The van der Waals surface area contributed by atoms with E-state index in [-0.39, 0.29) is 23.7 Å². The predicted octanol–water partition coefficient (Wildman–Crippen LogP) is 1.07. The second-order valence-electron chi connectivity index (χ2n) is 6.47. The van der Waals surface area contributed by atoms with Crippen molar-refractivity contribution in [1.82, 2.24) is 5.32 Å². The number of amides is 1. The minimum absolute atomic E-state index is 0.0630. The first-order valence-electron chi connectivity index (χ1n) is 6.86. The number of carbonyl (C=O) groups is 1. The van der Waals surface area contributed by atoms with Gasteiger partial charge in [-0.15, -0.1) is 0 Å². The Morgan fingerprint density at radius 3 is 2.17 bits per heavy atom. The van der Waals surface area contributed by atoms with Crippen LogP contribution in [-0.4, -0.2) is 23.5 Å². The number of hydrogen-bond acceptors (Lipinski definition) is 3. The molecule has 0 radical (unpaired) electrons. The molecule has 0 aromatic rings.